The Morgan fingerprint density at radius 2 is 1.82 bits per heavy atom. The van der Waals surface area contributed by atoms with E-state index in [1.165, 1.54) is 18.2 Å². The molecule has 0 atom stereocenters. The Morgan fingerprint density at radius 1 is 1.24 bits per heavy atom. The van der Waals surface area contributed by atoms with Crippen LogP contribution in [0.4, 0.5) is 0 Å². The van der Waals surface area contributed by atoms with Crippen molar-refractivity contribution >= 4 is 17.5 Å². The van der Waals surface area contributed by atoms with Crippen LogP contribution in [-0.2, 0) is 0 Å². The van der Waals surface area contributed by atoms with E-state index in [-0.39, 0.29) is 23.0 Å². The number of halogens is 1. The fourth-order valence-electron chi connectivity index (χ4n) is 1.59. The van der Waals surface area contributed by atoms with Gasteiger partial charge in [-0.25, -0.2) is 0 Å². The molecule has 1 aromatic carbocycles. The van der Waals surface area contributed by atoms with E-state index in [4.69, 9.17) is 11.6 Å². The summed E-state index contributed by atoms with van der Waals surface area (Å²) < 4.78 is 0. The van der Waals surface area contributed by atoms with Crippen LogP contribution in [0.3, 0.4) is 0 Å². The van der Waals surface area contributed by atoms with Gasteiger partial charge in [-0.2, -0.15) is 0 Å². The van der Waals surface area contributed by atoms with Gasteiger partial charge in [-0.15, -0.1) is 11.6 Å². The maximum atomic E-state index is 12.1. The molecule has 1 rings (SSSR count). The van der Waals surface area contributed by atoms with Crippen LogP contribution in [-0.4, -0.2) is 40.0 Å². The molecule has 0 aliphatic rings. The summed E-state index contributed by atoms with van der Waals surface area (Å²) in [5.41, 5.74) is 0.265. The average molecular weight is 258 g/mol. The predicted molar refractivity (Wildman–Crippen MR) is 66.7 cm³/mol. The molecule has 2 N–H and O–H groups in total. The molecule has 0 unspecified atom stereocenters. The highest BCUT2D eigenvalue weighted by atomic mass is 35.5. The van der Waals surface area contributed by atoms with Crippen molar-refractivity contribution in [2.24, 2.45) is 0 Å². The third-order valence-electron chi connectivity index (χ3n) is 2.28. The molecule has 94 valence electrons. The van der Waals surface area contributed by atoms with E-state index >= 15 is 0 Å². The summed E-state index contributed by atoms with van der Waals surface area (Å²) in [4.78, 5) is 13.7. The van der Waals surface area contributed by atoms with Crippen LogP contribution in [0.5, 0.6) is 11.5 Å². The smallest absolute Gasteiger partial charge is 0.254 e. The zero-order valence-corrected chi connectivity index (χ0v) is 10.4. The highest BCUT2D eigenvalue weighted by molar-refractivity contribution is 6.18. The SMILES string of the molecule is CCCN(CCCl)C(=O)c1cc(O)cc(O)c1. The first-order chi connectivity index (χ1) is 8.08. The van der Waals surface area contributed by atoms with Gasteiger partial charge in [0.25, 0.3) is 5.91 Å². The Balaban J connectivity index is 2.92. The lowest BCUT2D eigenvalue weighted by atomic mass is 10.1. The molecule has 0 heterocycles. The first-order valence-electron chi connectivity index (χ1n) is 5.46. The Hall–Kier alpha value is -1.42. The van der Waals surface area contributed by atoms with Crippen molar-refractivity contribution in [2.75, 3.05) is 19.0 Å². The molecule has 4 nitrogen and oxygen atoms in total. The van der Waals surface area contributed by atoms with Gasteiger partial charge in [0.05, 0.1) is 0 Å². The first kappa shape index (κ1) is 13.6. The normalized spacial score (nSPS) is 10.2. The number of phenols is 2. The molecule has 1 aromatic rings. The Labute approximate surface area is 105 Å². The molecular formula is C12H16ClNO3. The van der Waals surface area contributed by atoms with Gasteiger partial charge in [-0.1, -0.05) is 6.92 Å². The lowest BCUT2D eigenvalue weighted by Gasteiger charge is -2.21. The van der Waals surface area contributed by atoms with Crippen molar-refractivity contribution in [3.05, 3.63) is 23.8 Å². The van der Waals surface area contributed by atoms with Crippen LogP contribution < -0.4 is 0 Å². The lowest BCUT2D eigenvalue weighted by molar-refractivity contribution is 0.0764. The summed E-state index contributed by atoms with van der Waals surface area (Å²) >= 11 is 5.63. The number of aromatic hydroxyl groups is 2. The number of phenolic OH excluding ortho intramolecular Hbond substituents is 2. The fraction of sp³-hybridized carbons (Fsp3) is 0.417. The summed E-state index contributed by atoms with van der Waals surface area (Å²) in [6, 6.07) is 3.85. The quantitative estimate of drug-likeness (QED) is 0.795. The van der Waals surface area contributed by atoms with E-state index in [1.807, 2.05) is 6.92 Å². The third-order valence-corrected chi connectivity index (χ3v) is 2.45. The molecule has 0 saturated heterocycles. The largest absolute Gasteiger partial charge is 0.508 e. The maximum absolute atomic E-state index is 12.1. The number of amides is 1. The molecule has 0 aliphatic carbocycles. The molecule has 0 saturated carbocycles. The van der Waals surface area contributed by atoms with E-state index in [0.29, 0.717) is 19.0 Å². The van der Waals surface area contributed by atoms with Crippen molar-refractivity contribution in [1.82, 2.24) is 4.90 Å². The second-order valence-corrected chi connectivity index (χ2v) is 4.10. The van der Waals surface area contributed by atoms with Crippen LogP contribution in [0, 0.1) is 0 Å². The average Bonchev–Trinajstić information content (AvgIpc) is 2.26. The Bertz CT molecular complexity index is 369. The van der Waals surface area contributed by atoms with Gasteiger partial charge in [0.1, 0.15) is 11.5 Å². The number of carbonyl (C=O) groups excluding carboxylic acids is 1. The van der Waals surface area contributed by atoms with E-state index in [1.54, 1.807) is 4.90 Å². The number of carbonyl (C=O) groups is 1. The van der Waals surface area contributed by atoms with Crippen molar-refractivity contribution in [3.8, 4) is 11.5 Å². The van der Waals surface area contributed by atoms with Crippen molar-refractivity contribution in [1.29, 1.82) is 0 Å². The minimum atomic E-state index is -0.237. The molecule has 0 aromatic heterocycles. The maximum Gasteiger partial charge on any atom is 0.254 e. The number of hydrogen-bond acceptors (Lipinski definition) is 3. The lowest BCUT2D eigenvalue weighted by Crippen LogP contribution is -2.33. The highest BCUT2D eigenvalue weighted by Crippen LogP contribution is 2.21. The molecule has 17 heavy (non-hydrogen) atoms. The summed E-state index contributed by atoms with van der Waals surface area (Å²) in [6.07, 6.45) is 0.827. The molecule has 0 spiro atoms. The second kappa shape index (κ2) is 6.35. The molecule has 0 fully saturated rings. The third kappa shape index (κ3) is 3.82. The molecule has 1 amide bonds. The number of alkyl halides is 1. The number of benzene rings is 1. The first-order valence-corrected chi connectivity index (χ1v) is 6.00. The van der Waals surface area contributed by atoms with Gasteiger partial charge in [0.15, 0.2) is 0 Å². The highest BCUT2D eigenvalue weighted by Gasteiger charge is 2.15. The fourth-order valence-corrected chi connectivity index (χ4v) is 1.79. The van der Waals surface area contributed by atoms with Gasteiger partial charge < -0.3 is 15.1 Å². The summed E-state index contributed by atoms with van der Waals surface area (Å²) in [5.74, 6) is -0.138. The van der Waals surface area contributed by atoms with E-state index in [0.717, 1.165) is 6.42 Å². The monoisotopic (exact) mass is 257 g/mol. The van der Waals surface area contributed by atoms with Crippen molar-refractivity contribution in [2.45, 2.75) is 13.3 Å². The van der Waals surface area contributed by atoms with Crippen LogP contribution in [0.1, 0.15) is 23.7 Å². The predicted octanol–water partition coefficient (Wildman–Crippen LogP) is 2.19. The van der Waals surface area contributed by atoms with Crippen molar-refractivity contribution < 1.29 is 15.0 Å². The topological polar surface area (TPSA) is 60.8 Å². The van der Waals surface area contributed by atoms with Crippen LogP contribution in [0.15, 0.2) is 18.2 Å². The van der Waals surface area contributed by atoms with Gasteiger partial charge in [0, 0.05) is 30.6 Å². The Kier molecular flexibility index (Phi) is 5.10. The number of hydrogen-bond donors (Lipinski definition) is 2. The minimum Gasteiger partial charge on any atom is -0.508 e. The standard InChI is InChI=1S/C12H16ClNO3/c1-2-4-14(5-3-13)12(17)9-6-10(15)8-11(16)7-9/h6-8,15-16H,2-5H2,1H3. The molecule has 0 aliphatic heterocycles. The van der Waals surface area contributed by atoms with Gasteiger partial charge >= 0.3 is 0 Å². The molecule has 5 heteroatoms. The van der Waals surface area contributed by atoms with Gasteiger partial charge in [-0.05, 0) is 18.6 Å². The molecule has 0 radical (unpaired) electrons. The summed E-state index contributed by atoms with van der Waals surface area (Å²) in [5, 5.41) is 18.7. The summed E-state index contributed by atoms with van der Waals surface area (Å²) in [7, 11) is 0. The van der Waals surface area contributed by atoms with E-state index in [2.05, 4.69) is 0 Å². The van der Waals surface area contributed by atoms with Crippen LogP contribution in [0.25, 0.3) is 0 Å². The zero-order valence-electron chi connectivity index (χ0n) is 9.69. The molecular weight excluding hydrogens is 242 g/mol. The van der Waals surface area contributed by atoms with Crippen molar-refractivity contribution in [3.63, 3.8) is 0 Å². The van der Waals surface area contributed by atoms with E-state index < -0.39 is 0 Å². The van der Waals surface area contributed by atoms with Gasteiger partial charge in [-0.3, -0.25) is 4.79 Å². The molecule has 0 bridgehead atoms. The minimum absolute atomic E-state index is 0.129. The van der Waals surface area contributed by atoms with Crippen LogP contribution in [0.2, 0.25) is 0 Å². The summed E-state index contributed by atoms with van der Waals surface area (Å²) in [6.45, 7) is 3.01. The Morgan fingerprint density at radius 3 is 2.29 bits per heavy atom. The van der Waals surface area contributed by atoms with Crippen LogP contribution >= 0.6 is 11.6 Å². The van der Waals surface area contributed by atoms with E-state index in [9.17, 15) is 15.0 Å². The number of rotatable bonds is 5. The number of nitrogens with zero attached hydrogens (tertiary/aromatic N) is 1. The van der Waals surface area contributed by atoms with Gasteiger partial charge in [0.2, 0.25) is 0 Å². The zero-order chi connectivity index (χ0) is 12.8. The second-order valence-electron chi connectivity index (χ2n) is 3.72.